The van der Waals surface area contributed by atoms with Crippen LogP contribution in [0.1, 0.15) is 11.1 Å². The van der Waals surface area contributed by atoms with Crippen LogP contribution in [0.2, 0.25) is 0 Å². The fourth-order valence-electron chi connectivity index (χ4n) is 4.89. The van der Waals surface area contributed by atoms with Gasteiger partial charge in [-0.25, -0.2) is 13.2 Å². The Morgan fingerprint density at radius 1 is 1.02 bits per heavy atom. The summed E-state index contributed by atoms with van der Waals surface area (Å²) in [5, 5.41) is 16.3. The van der Waals surface area contributed by atoms with E-state index in [0.717, 1.165) is 11.1 Å². The van der Waals surface area contributed by atoms with Crippen LogP contribution in [-0.4, -0.2) is 47.2 Å². The number of nitrogen functional groups attached to an aromatic ring is 1. The van der Waals surface area contributed by atoms with E-state index in [1.54, 1.807) is 30.5 Å². The number of aromatic nitrogens is 4. The van der Waals surface area contributed by atoms with Crippen LogP contribution in [0.15, 0.2) is 83.9 Å². The normalized spacial score (nSPS) is 14.9. The first-order chi connectivity index (χ1) is 19.8. The first-order valence-corrected chi connectivity index (χ1v) is 14.3. The average molecular weight is 570 g/mol. The molecule has 0 spiro atoms. The Hall–Kier alpha value is -5.17. The third-order valence-electron chi connectivity index (χ3n) is 6.85. The summed E-state index contributed by atoms with van der Waals surface area (Å²) in [6.07, 6.45) is 2.16. The van der Waals surface area contributed by atoms with Gasteiger partial charge in [0, 0.05) is 11.4 Å². The molecule has 5 aromatic rings. The summed E-state index contributed by atoms with van der Waals surface area (Å²) in [5.74, 6) is 0.537. The maximum Gasteiger partial charge on any atom is 0.323 e. The number of benzene rings is 3. The molecule has 6 rings (SSSR count). The molecule has 0 saturated heterocycles. The second-order valence-corrected chi connectivity index (χ2v) is 11.6. The summed E-state index contributed by atoms with van der Waals surface area (Å²) >= 11 is 0. The van der Waals surface area contributed by atoms with Gasteiger partial charge in [0.25, 0.3) is 10.0 Å². The highest BCUT2D eigenvalue weighted by molar-refractivity contribution is 7.92. The van der Waals surface area contributed by atoms with Gasteiger partial charge < -0.3 is 21.7 Å². The number of anilines is 5. The number of sulfonamides is 1. The minimum atomic E-state index is -4.02. The van der Waals surface area contributed by atoms with Crippen LogP contribution in [-0.2, 0) is 16.4 Å². The molecule has 0 aliphatic carbocycles. The topological polar surface area (TPSA) is 171 Å². The molecule has 0 radical (unpaired) electrons. The van der Waals surface area contributed by atoms with Crippen molar-refractivity contribution in [1.29, 1.82) is 0 Å². The van der Waals surface area contributed by atoms with E-state index in [9.17, 15) is 13.2 Å². The molecule has 6 N–H and O–H groups in total. The molecule has 0 bridgehead atoms. The maximum absolute atomic E-state index is 14.1. The van der Waals surface area contributed by atoms with Gasteiger partial charge in [0.1, 0.15) is 5.82 Å². The van der Waals surface area contributed by atoms with Crippen LogP contribution in [0.4, 0.5) is 33.6 Å². The Balaban J connectivity index is 1.27. The fourth-order valence-corrected chi connectivity index (χ4v) is 6.49. The van der Waals surface area contributed by atoms with E-state index >= 15 is 0 Å². The predicted octanol–water partition coefficient (Wildman–Crippen LogP) is 4.12. The molecule has 3 heterocycles. The second-order valence-electron chi connectivity index (χ2n) is 9.69. The average Bonchev–Trinajstić information content (AvgIpc) is 3.43. The van der Waals surface area contributed by atoms with Crippen molar-refractivity contribution in [3.05, 3.63) is 90.1 Å². The number of H-pyrrole nitrogens is 1. The summed E-state index contributed by atoms with van der Waals surface area (Å²) < 4.78 is 29.5. The zero-order valence-corrected chi connectivity index (χ0v) is 22.8. The van der Waals surface area contributed by atoms with Gasteiger partial charge in [-0.3, -0.25) is 9.40 Å². The Morgan fingerprint density at radius 2 is 1.83 bits per heavy atom. The Morgan fingerprint density at radius 3 is 2.68 bits per heavy atom. The SMILES string of the molecule is Cc1ccccc1NC(=O)Nc1cccc(S(=O)(=O)N2CC(Nc3nc(N)nc4[nH]ncc34)Cc3ccccc32)c1. The summed E-state index contributed by atoms with van der Waals surface area (Å²) in [6, 6.07) is 20.2. The van der Waals surface area contributed by atoms with Crippen molar-refractivity contribution in [1.82, 2.24) is 20.2 Å². The van der Waals surface area contributed by atoms with Gasteiger partial charge in [-0.05, 0) is 54.8 Å². The molecular weight excluding hydrogens is 542 g/mol. The number of carbonyl (C=O) groups is 1. The quantitative estimate of drug-likeness (QED) is 0.203. The summed E-state index contributed by atoms with van der Waals surface area (Å²) in [4.78, 5) is 21.2. The Kier molecular flexibility index (Phi) is 6.63. The highest BCUT2D eigenvalue weighted by Crippen LogP contribution is 2.34. The van der Waals surface area contributed by atoms with Crippen LogP contribution in [0.5, 0.6) is 0 Å². The molecule has 208 valence electrons. The van der Waals surface area contributed by atoms with Gasteiger partial charge in [0.15, 0.2) is 5.65 Å². The van der Waals surface area contributed by atoms with E-state index in [0.29, 0.717) is 40.3 Å². The van der Waals surface area contributed by atoms with Crippen LogP contribution >= 0.6 is 0 Å². The smallest absolute Gasteiger partial charge is 0.323 e. The maximum atomic E-state index is 14.1. The monoisotopic (exact) mass is 569 g/mol. The number of hydrogen-bond donors (Lipinski definition) is 5. The molecule has 1 atom stereocenters. The van der Waals surface area contributed by atoms with Crippen LogP contribution in [0.25, 0.3) is 11.0 Å². The van der Waals surface area contributed by atoms with Crippen molar-refractivity contribution in [2.75, 3.05) is 32.5 Å². The minimum Gasteiger partial charge on any atom is -0.368 e. The van der Waals surface area contributed by atoms with E-state index in [2.05, 4.69) is 36.1 Å². The summed E-state index contributed by atoms with van der Waals surface area (Å²) in [7, 11) is -4.02. The van der Waals surface area contributed by atoms with Crippen molar-refractivity contribution in [2.45, 2.75) is 24.3 Å². The van der Waals surface area contributed by atoms with Crippen molar-refractivity contribution in [3.63, 3.8) is 0 Å². The first kappa shape index (κ1) is 26.1. The number of para-hydroxylation sites is 2. The molecule has 0 saturated carbocycles. The van der Waals surface area contributed by atoms with Gasteiger partial charge in [-0.15, -0.1) is 0 Å². The summed E-state index contributed by atoms with van der Waals surface area (Å²) in [6.45, 7) is 2.02. The molecule has 12 nitrogen and oxygen atoms in total. The van der Waals surface area contributed by atoms with Crippen molar-refractivity contribution in [2.24, 2.45) is 0 Å². The Bertz CT molecular complexity index is 1870. The van der Waals surface area contributed by atoms with Crippen LogP contribution in [0, 0.1) is 6.92 Å². The lowest BCUT2D eigenvalue weighted by molar-refractivity contribution is 0.262. The minimum absolute atomic E-state index is 0.0464. The largest absolute Gasteiger partial charge is 0.368 e. The van der Waals surface area contributed by atoms with Gasteiger partial charge in [0.2, 0.25) is 5.95 Å². The number of nitrogens with two attached hydrogens (primary N) is 1. The molecule has 2 aromatic heterocycles. The molecule has 3 aromatic carbocycles. The number of carbonyl (C=O) groups excluding carboxylic acids is 1. The molecule has 1 aliphatic rings. The summed E-state index contributed by atoms with van der Waals surface area (Å²) in [5.41, 5.74) is 9.73. The molecule has 1 unspecified atom stereocenters. The highest BCUT2D eigenvalue weighted by atomic mass is 32.2. The van der Waals surface area contributed by atoms with E-state index in [-0.39, 0.29) is 23.4 Å². The number of amides is 2. The molecule has 13 heteroatoms. The number of rotatable bonds is 6. The predicted molar refractivity (Wildman–Crippen MR) is 158 cm³/mol. The number of aryl methyl sites for hydroxylation is 1. The third-order valence-corrected chi connectivity index (χ3v) is 8.63. The number of aromatic amines is 1. The molecule has 0 fully saturated rings. The fraction of sp³-hybridized carbons (Fsp3) is 0.143. The number of fused-ring (bicyclic) bond motifs is 2. The lowest BCUT2D eigenvalue weighted by Crippen LogP contribution is -2.45. The molecule has 1 aliphatic heterocycles. The van der Waals surface area contributed by atoms with E-state index in [1.165, 1.54) is 16.4 Å². The molecule has 41 heavy (non-hydrogen) atoms. The Labute approximate surface area is 236 Å². The van der Waals surface area contributed by atoms with Crippen molar-refractivity contribution in [3.8, 4) is 0 Å². The zero-order valence-electron chi connectivity index (χ0n) is 22.0. The van der Waals surface area contributed by atoms with Gasteiger partial charge in [0.05, 0.1) is 34.8 Å². The lowest BCUT2D eigenvalue weighted by atomic mass is 9.99. The van der Waals surface area contributed by atoms with Crippen molar-refractivity contribution >= 4 is 55.9 Å². The molecule has 2 amide bonds. The van der Waals surface area contributed by atoms with Gasteiger partial charge in [-0.1, -0.05) is 42.5 Å². The van der Waals surface area contributed by atoms with Gasteiger partial charge in [-0.2, -0.15) is 15.1 Å². The van der Waals surface area contributed by atoms with E-state index < -0.39 is 16.1 Å². The number of nitrogens with one attached hydrogen (secondary N) is 4. The number of urea groups is 1. The lowest BCUT2D eigenvalue weighted by Gasteiger charge is -2.36. The molecular formula is C28H27N9O3S. The van der Waals surface area contributed by atoms with Crippen molar-refractivity contribution < 1.29 is 13.2 Å². The van der Waals surface area contributed by atoms with Crippen LogP contribution < -0.4 is 26.0 Å². The number of nitrogens with zero attached hydrogens (tertiary/aromatic N) is 4. The third kappa shape index (κ3) is 5.22. The number of hydrogen-bond acceptors (Lipinski definition) is 8. The second kappa shape index (κ2) is 10.4. The van der Waals surface area contributed by atoms with Gasteiger partial charge >= 0.3 is 6.03 Å². The standard InChI is InChI=1S/C28H27N9O3S/c1-17-7-2-4-11-23(17)33-28(38)32-19-9-6-10-21(14-19)41(39,40)37-16-20(13-18-8-3-5-12-24(18)37)31-25-22-15-30-36-26(22)35-27(29)34-25/h2-12,14-15,20H,13,16H2,1H3,(H2,32,33,38)(H4,29,30,31,34,35,36). The highest BCUT2D eigenvalue weighted by Gasteiger charge is 2.34. The van der Waals surface area contributed by atoms with E-state index in [4.69, 9.17) is 5.73 Å². The zero-order chi connectivity index (χ0) is 28.6. The first-order valence-electron chi connectivity index (χ1n) is 12.9. The van der Waals surface area contributed by atoms with Crippen LogP contribution in [0.3, 0.4) is 0 Å². The van der Waals surface area contributed by atoms with E-state index in [1.807, 2.05) is 43.3 Å².